The maximum Gasteiger partial charge on any atom is 0.416 e. The molecule has 1 aliphatic rings. The molecule has 1 aliphatic heterocycles. The fourth-order valence-electron chi connectivity index (χ4n) is 2.99. The Balaban J connectivity index is 2.04. The maximum atomic E-state index is 13.3. The van der Waals surface area contributed by atoms with E-state index >= 15 is 0 Å². The standard InChI is InChI=1S/C18H18F4N2O3S/c1-12-10-14(19)3-5-17(12)28(25,26)23-15-11-13(18(20,21)22)2-4-16(15)24-6-8-27-9-7-24/h2-5,10-11,23H,6-9H2,1H3. The largest absolute Gasteiger partial charge is 0.416 e. The van der Waals surface area contributed by atoms with E-state index in [9.17, 15) is 26.0 Å². The molecular formula is C18H18F4N2O3S. The monoisotopic (exact) mass is 418 g/mol. The summed E-state index contributed by atoms with van der Waals surface area (Å²) in [5.74, 6) is -0.607. The van der Waals surface area contributed by atoms with Gasteiger partial charge < -0.3 is 9.64 Å². The number of rotatable bonds is 4. The summed E-state index contributed by atoms with van der Waals surface area (Å²) in [5.41, 5.74) is -0.703. The Morgan fingerprint density at radius 2 is 1.75 bits per heavy atom. The summed E-state index contributed by atoms with van der Waals surface area (Å²) in [4.78, 5) is 1.54. The van der Waals surface area contributed by atoms with Gasteiger partial charge >= 0.3 is 6.18 Å². The van der Waals surface area contributed by atoms with Crippen molar-refractivity contribution in [3.05, 3.63) is 53.3 Å². The summed E-state index contributed by atoms with van der Waals surface area (Å²) >= 11 is 0. The number of nitrogens with zero attached hydrogens (tertiary/aromatic N) is 1. The highest BCUT2D eigenvalue weighted by molar-refractivity contribution is 7.92. The van der Waals surface area contributed by atoms with Crippen LogP contribution >= 0.6 is 0 Å². The molecule has 0 aliphatic carbocycles. The minimum absolute atomic E-state index is 0.146. The van der Waals surface area contributed by atoms with Gasteiger partial charge in [-0.2, -0.15) is 13.2 Å². The van der Waals surface area contributed by atoms with Crippen LogP contribution < -0.4 is 9.62 Å². The molecule has 3 rings (SSSR count). The average Bonchev–Trinajstić information content (AvgIpc) is 2.61. The third-order valence-electron chi connectivity index (χ3n) is 4.35. The SMILES string of the molecule is Cc1cc(F)ccc1S(=O)(=O)Nc1cc(C(F)(F)F)ccc1N1CCOCC1. The number of sulfonamides is 1. The Kier molecular flexibility index (Phi) is 5.53. The van der Waals surface area contributed by atoms with Crippen molar-refractivity contribution >= 4 is 21.4 Å². The van der Waals surface area contributed by atoms with Crippen LogP contribution in [0.1, 0.15) is 11.1 Å². The summed E-state index contributed by atoms with van der Waals surface area (Å²) < 4.78 is 85.8. The van der Waals surface area contributed by atoms with Crippen LogP contribution in [0.5, 0.6) is 0 Å². The molecule has 1 saturated heterocycles. The van der Waals surface area contributed by atoms with Gasteiger partial charge in [0, 0.05) is 13.1 Å². The fourth-order valence-corrected chi connectivity index (χ4v) is 4.28. The summed E-state index contributed by atoms with van der Waals surface area (Å²) in [6.45, 7) is 2.99. The Morgan fingerprint density at radius 1 is 1.07 bits per heavy atom. The second kappa shape index (κ2) is 7.59. The lowest BCUT2D eigenvalue weighted by molar-refractivity contribution is -0.137. The van der Waals surface area contributed by atoms with E-state index in [1.165, 1.54) is 13.0 Å². The highest BCUT2D eigenvalue weighted by Gasteiger charge is 2.32. The number of anilines is 2. The number of alkyl halides is 3. The molecule has 5 nitrogen and oxygen atoms in total. The molecule has 0 spiro atoms. The second-order valence-electron chi connectivity index (χ2n) is 6.34. The van der Waals surface area contributed by atoms with Gasteiger partial charge in [0.2, 0.25) is 0 Å². The van der Waals surface area contributed by atoms with Crippen LogP contribution in [0.4, 0.5) is 28.9 Å². The molecule has 1 N–H and O–H groups in total. The number of benzene rings is 2. The first-order valence-corrected chi connectivity index (χ1v) is 9.89. The Morgan fingerprint density at radius 3 is 2.36 bits per heavy atom. The number of morpholine rings is 1. The predicted octanol–water partition coefficient (Wildman–Crippen LogP) is 3.79. The van der Waals surface area contributed by atoms with E-state index in [1.807, 2.05) is 0 Å². The number of aryl methyl sites for hydroxylation is 1. The van der Waals surface area contributed by atoms with Crippen molar-refractivity contribution in [3.63, 3.8) is 0 Å². The molecule has 0 amide bonds. The van der Waals surface area contributed by atoms with Crippen molar-refractivity contribution < 1.29 is 30.7 Å². The van der Waals surface area contributed by atoms with Gasteiger partial charge in [-0.05, 0) is 48.9 Å². The summed E-state index contributed by atoms with van der Waals surface area (Å²) in [6.07, 6.45) is -4.63. The van der Waals surface area contributed by atoms with Gasteiger partial charge in [0.05, 0.1) is 35.0 Å². The van der Waals surface area contributed by atoms with Gasteiger partial charge in [-0.15, -0.1) is 0 Å². The van der Waals surface area contributed by atoms with Gasteiger partial charge in [-0.3, -0.25) is 4.72 Å². The van der Waals surface area contributed by atoms with E-state index < -0.39 is 27.6 Å². The Labute approximate surface area is 160 Å². The molecule has 0 radical (unpaired) electrons. The molecule has 0 bridgehead atoms. The van der Waals surface area contributed by atoms with E-state index in [0.717, 1.165) is 30.3 Å². The topological polar surface area (TPSA) is 58.6 Å². The zero-order valence-electron chi connectivity index (χ0n) is 14.9. The van der Waals surface area contributed by atoms with Crippen LogP contribution in [0.25, 0.3) is 0 Å². The van der Waals surface area contributed by atoms with Crippen molar-refractivity contribution in [2.75, 3.05) is 35.9 Å². The molecule has 0 unspecified atom stereocenters. The van der Waals surface area contributed by atoms with E-state index in [4.69, 9.17) is 4.74 Å². The van der Waals surface area contributed by atoms with Crippen LogP contribution in [-0.2, 0) is 20.9 Å². The summed E-state index contributed by atoms with van der Waals surface area (Å²) in [5, 5.41) is 0. The molecular weight excluding hydrogens is 400 g/mol. The van der Waals surface area contributed by atoms with Gasteiger partial charge in [-0.25, -0.2) is 12.8 Å². The number of halogens is 4. The summed E-state index contributed by atoms with van der Waals surface area (Å²) in [6, 6.07) is 6.02. The molecule has 0 aromatic heterocycles. The Hall–Kier alpha value is -2.33. The van der Waals surface area contributed by atoms with Crippen molar-refractivity contribution in [2.24, 2.45) is 0 Å². The van der Waals surface area contributed by atoms with E-state index in [2.05, 4.69) is 4.72 Å². The van der Waals surface area contributed by atoms with E-state index in [1.54, 1.807) is 4.90 Å². The van der Waals surface area contributed by atoms with Crippen LogP contribution in [0.3, 0.4) is 0 Å². The van der Waals surface area contributed by atoms with Gasteiger partial charge in [0.15, 0.2) is 0 Å². The fraction of sp³-hybridized carbons (Fsp3) is 0.333. The molecule has 2 aromatic carbocycles. The summed E-state index contributed by atoms with van der Waals surface area (Å²) in [7, 11) is -4.23. The zero-order valence-corrected chi connectivity index (χ0v) is 15.7. The first-order valence-electron chi connectivity index (χ1n) is 8.41. The number of ether oxygens (including phenoxy) is 1. The van der Waals surface area contributed by atoms with Gasteiger partial charge in [0.1, 0.15) is 5.82 Å². The third-order valence-corrected chi connectivity index (χ3v) is 5.87. The molecule has 1 fully saturated rings. The average molecular weight is 418 g/mol. The van der Waals surface area contributed by atoms with Crippen molar-refractivity contribution in [1.82, 2.24) is 0 Å². The predicted molar refractivity (Wildman–Crippen MR) is 96.4 cm³/mol. The normalized spacial score (nSPS) is 15.5. The van der Waals surface area contributed by atoms with Crippen molar-refractivity contribution in [2.45, 2.75) is 18.0 Å². The highest BCUT2D eigenvalue weighted by atomic mass is 32.2. The number of hydrogen-bond acceptors (Lipinski definition) is 4. The van der Waals surface area contributed by atoms with Gasteiger partial charge in [-0.1, -0.05) is 0 Å². The van der Waals surface area contributed by atoms with Crippen LogP contribution in [0.15, 0.2) is 41.3 Å². The lowest BCUT2D eigenvalue weighted by Crippen LogP contribution is -2.36. The minimum atomic E-state index is -4.63. The molecule has 1 heterocycles. The smallest absolute Gasteiger partial charge is 0.378 e. The highest BCUT2D eigenvalue weighted by Crippen LogP contribution is 2.37. The number of hydrogen-bond donors (Lipinski definition) is 1. The molecule has 10 heteroatoms. The third kappa shape index (κ3) is 4.39. The molecule has 28 heavy (non-hydrogen) atoms. The van der Waals surface area contributed by atoms with Crippen molar-refractivity contribution in [3.8, 4) is 0 Å². The molecule has 0 saturated carbocycles. The van der Waals surface area contributed by atoms with Crippen LogP contribution in [-0.4, -0.2) is 34.7 Å². The lowest BCUT2D eigenvalue weighted by atomic mass is 10.1. The van der Waals surface area contributed by atoms with E-state index in [0.29, 0.717) is 32.0 Å². The molecule has 152 valence electrons. The van der Waals surface area contributed by atoms with E-state index in [-0.39, 0.29) is 16.1 Å². The zero-order chi connectivity index (χ0) is 20.5. The first kappa shape index (κ1) is 20.4. The first-order chi connectivity index (χ1) is 13.1. The molecule has 0 atom stereocenters. The lowest BCUT2D eigenvalue weighted by Gasteiger charge is -2.31. The minimum Gasteiger partial charge on any atom is -0.378 e. The van der Waals surface area contributed by atoms with Crippen molar-refractivity contribution in [1.29, 1.82) is 0 Å². The molecule has 2 aromatic rings. The second-order valence-corrected chi connectivity index (χ2v) is 8.00. The van der Waals surface area contributed by atoms with Crippen LogP contribution in [0, 0.1) is 12.7 Å². The van der Waals surface area contributed by atoms with Crippen LogP contribution in [0.2, 0.25) is 0 Å². The quantitative estimate of drug-likeness (QED) is 0.768. The number of nitrogens with one attached hydrogen (secondary N) is 1. The van der Waals surface area contributed by atoms with Gasteiger partial charge in [0.25, 0.3) is 10.0 Å². The Bertz CT molecular complexity index is 971. The maximum absolute atomic E-state index is 13.3.